The second kappa shape index (κ2) is 11.2. The number of thioether (sulfide) groups is 1. The van der Waals surface area contributed by atoms with Crippen molar-refractivity contribution >= 4 is 56.5 Å². The molecule has 0 spiro atoms. The third-order valence-electron chi connectivity index (χ3n) is 5.48. The van der Waals surface area contributed by atoms with Gasteiger partial charge in [0.2, 0.25) is 5.91 Å². The van der Waals surface area contributed by atoms with Gasteiger partial charge in [-0.3, -0.25) is 9.59 Å². The van der Waals surface area contributed by atoms with Crippen molar-refractivity contribution in [3.8, 4) is 16.2 Å². The van der Waals surface area contributed by atoms with E-state index in [2.05, 4.69) is 38.8 Å². The van der Waals surface area contributed by atoms with Gasteiger partial charge in [-0.1, -0.05) is 54.2 Å². The Balaban J connectivity index is 1.26. The molecule has 37 heavy (non-hydrogen) atoms. The molecule has 9 heteroatoms. The number of hydrogen-bond donors (Lipinski definition) is 2. The lowest BCUT2D eigenvalue weighted by Crippen LogP contribution is -2.19. The number of fused-ring (bicyclic) bond motifs is 1. The number of nitrogens with one attached hydrogen (secondary N) is 2. The molecule has 0 fully saturated rings. The van der Waals surface area contributed by atoms with Crippen LogP contribution in [0.1, 0.15) is 10.4 Å². The molecule has 2 heterocycles. The van der Waals surface area contributed by atoms with Gasteiger partial charge in [0.1, 0.15) is 21.9 Å². The van der Waals surface area contributed by atoms with Gasteiger partial charge in [0, 0.05) is 16.0 Å². The first-order valence-corrected chi connectivity index (χ1v) is 13.2. The van der Waals surface area contributed by atoms with E-state index in [1.807, 2.05) is 18.2 Å². The van der Waals surface area contributed by atoms with Gasteiger partial charge in [-0.05, 0) is 48.0 Å². The molecule has 0 aliphatic heterocycles. The smallest absolute Gasteiger partial charge is 0.257 e. The number of ether oxygens (including phenoxy) is 1. The van der Waals surface area contributed by atoms with Crippen LogP contribution < -0.4 is 15.4 Å². The summed E-state index contributed by atoms with van der Waals surface area (Å²) < 4.78 is 5.15. The second-order valence-electron chi connectivity index (χ2n) is 7.94. The minimum atomic E-state index is -0.321. The van der Waals surface area contributed by atoms with E-state index < -0.39 is 0 Å². The lowest BCUT2D eigenvalue weighted by Gasteiger charge is -2.12. The van der Waals surface area contributed by atoms with Crippen molar-refractivity contribution in [2.24, 2.45) is 0 Å². The summed E-state index contributed by atoms with van der Waals surface area (Å²) in [7, 11) is 1.58. The third kappa shape index (κ3) is 5.79. The van der Waals surface area contributed by atoms with Crippen LogP contribution in [-0.4, -0.2) is 34.6 Å². The number of hydrogen-bond acceptors (Lipinski definition) is 7. The predicted octanol–water partition coefficient (Wildman–Crippen LogP) is 6.35. The van der Waals surface area contributed by atoms with E-state index in [1.54, 1.807) is 67.0 Å². The number of thiophene rings is 1. The quantitative estimate of drug-likeness (QED) is 0.181. The molecular formula is C28H22N4O3S2. The molecule has 0 aliphatic carbocycles. The summed E-state index contributed by atoms with van der Waals surface area (Å²) in [6.45, 7) is 0. The van der Waals surface area contributed by atoms with E-state index >= 15 is 0 Å². The van der Waals surface area contributed by atoms with Crippen LogP contribution in [0.15, 0.2) is 96.3 Å². The van der Waals surface area contributed by atoms with Crippen LogP contribution in [0.4, 0.5) is 11.4 Å². The molecule has 5 rings (SSSR count). The molecule has 184 valence electrons. The Morgan fingerprint density at radius 3 is 2.46 bits per heavy atom. The number of nitrogens with zero attached hydrogens (tertiary/aromatic N) is 2. The molecule has 0 bridgehead atoms. The van der Waals surface area contributed by atoms with Crippen LogP contribution in [0.5, 0.6) is 5.75 Å². The monoisotopic (exact) mass is 526 g/mol. The number of carbonyl (C=O) groups excluding carboxylic acids is 2. The van der Waals surface area contributed by atoms with Gasteiger partial charge < -0.3 is 15.4 Å². The van der Waals surface area contributed by atoms with Crippen LogP contribution in [0.3, 0.4) is 0 Å². The molecule has 5 aromatic rings. The minimum absolute atomic E-state index is 0.136. The van der Waals surface area contributed by atoms with E-state index in [1.165, 1.54) is 18.1 Å². The maximum absolute atomic E-state index is 12.9. The number of aromatic nitrogens is 2. The Morgan fingerprint density at radius 1 is 0.919 bits per heavy atom. The number of anilines is 2. The summed E-state index contributed by atoms with van der Waals surface area (Å²) in [4.78, 5) is 36.5. The lowest BCUT2D eigenvalue weighted by molar-refractivity contribution is -0.113. The molecule has 3 aromatic carbocycles. The number of benzene rings is 3. The maximum atomic E-state index is 12.9. The average molecular weight is 527 g/mol. The summed E-state index contributed by atoms with van der Waals surface area (Å²) in [5, 5.41) is 7.37. The zero-order chi connectivity index (χ0) is 25.6. The molecule has 2 aromatic heterocycles. The van der Waals surface area contributed by atoms with Crippen LogP contribution >= 0.6 is 23.1 Å². The van der Waals surface area contributed by atoms with Gasteiger partial charge in [-0.15, -0.1) is 11.3 Å². The van der Waals surface area contributed by atoms with Gasteiger partial charge in [0.05, 0.1) is 24.1 Å². The average Bonchev–Trinajstić information content (AvgIpc) is 3.38. The van der Waals surface area contributed by atoms with E-state index in [9.17, 15) is 9.59 Å². The number of rotatable bonds is 8. The summed E-state index contributed by atoms with van der Waals surface area (Å²) in [6, 6.07) is 26.1. The van der Waals surface area contributed by atoms with E-state index in [-0.39, 0.29) is 17.6 Å². The van der Waals surface area contributed by atoms with Crippen LogP contribution in [-0.2, 0) is 4.79 Å². The Morgan fingerprint density at radius 2 is 1.68 bits per heavy atom. The number of methoxy groups -OCH3 is 1. The predicted molar refractivity (Wildman–Crippen MR) is 150 cm³/mol. The fourth-order valence-corrected chi connectivity index (χ4v) is 5.52. The molecule has 0 atom stereocenters. The van der Waals surface area contributed by atoms with Gasteiger partial charge in [-0.2, -0.15) is 0 Å². The van der Waals surface area contributed by atoms with Crippen molar-refractivity contribution in [2.75, 3.05) is 23.5 Å². The standard InChI is InChI=1S/C28H22N4O3S2/c1-35-20-13-11-19(12-14-20)31-26(34)21-9-5-6-10-23(21)32-25(33)16-36-27-22-15-24(18-7-3-2-4-8-18)37-28(22)30-17-29-27/h2-15,17H,16H2,1H3,(H,31,34)(H,32,33). The highest BCUT2D eigenvalue weighted by Crippen LogP contribution is 2.36. The highest BCUT2D eigenvalue weighted by Gasteiger charge is 2.16. The largest absolute Gasteiger partial charge is 0.497 e. The molecule has 0 aliphatic rings. The van der Waals surface area contributed by atoms with Gasteiger partial charge in [0.25, 0.3) is 5.91 Å². The SMILES string of the molecule is COc1ccc(NC(=O)c2ccccc2NC(=O)CSc2ncnc3sc(-c4ccccc4)cc23)cc1. The van der Waals surface area contributed by atoms with Crippen LogP contribution in [0, 0.1) is 0 Å². The molecule has 0 saturated heterocycles. The summed E-state index contributed by atoms with van der Waals surface area (Å²) in [6.07, 6.45) is 1.52. The van der Waals surface area contributed by atoms with E-state index in [0.29, 0.717) is 22.7 Å². The van der Waals surface area contributed by atoms with E-state index in [0.717, 1.165) is 25.7 Å². The Hall–Kier alpha value is -4.21. The number of amides is 2. The number of para-hydroxylation sites is 1. The van der Waals surface area contributed by atoms with Crippen LogP contribution in [0.25, 0.3) is 20.7 Å². The third-order valence-corrected chi connectivity index (χ3v) is 7.58. The molecule has 7 nitrogen and oxygen atoms in total. The highest BCUT2D eigenvalue weighted by atomic mass is 32.2. The van der Waals surface area contributed by atoms with Crippen molar-refractivity contribution in [1.82, 2.24) is 9.97 Å². The summed E-state index contributed by atoms with van der Waals surface area (Å²) in [5.41, 5.74) is 2.55. The fourth-order valence-electron chi connectivity index (χ4n) is 3.68. The normalized spacial score (nSPS) is 10.7. The van der Waals surface area contributed by atoms with Crippen molar-refractivity contribution < 1.29 is 14.3 Å². The fraction of sp³-hybridized carbons (Fsp3) is 0.0714. The molecule has 0 saturated carbocycles. The Kier molecular flexibility index (Phi) is 7.43. The van der Waals surface area contributed by atoms with Crippen LogP contribution in [0.2, 0.25) is 0 Å². The zero-order valence-electron chi connectivity index (χ0n) is 19.8. The van der Waals surface area contributed by atoms with Gasteiger partial charge in [-0.25, -0.2) is 9.97 Å². The Bertz CT molecular complexity index is 1550. The minimum Gasteiger partial charge on any atom is -0.497 e. The maximum Gasteiger partial charge on any atom is 0.257 e. The topological polar surface area (TPSA) is 93.2 Å². The summed E-state index contributed by atoms with van der Waals surface area (Å²) >= 11 is 2.93. The van der Waals surface area contributed by atoms with E-state index in [4.69, 9.17) is 4.74 Å². The first-order valence-electron chi connectivity index (χ1n) is 11.4. The summed E-state index contributed by atoms with van der Waals surface area (Å²) in [5.74, 6) is 0.276. The van der Waals surface area contributed by atoms with Gasteiger partial charge >= 0.3 is 0 Å². The molecule has 0 unspecified atom stereocenters. The Labute approximate surface area is 221 Å². The lowest BCUT2D eigenvalue weighted by atomic mass is 10.1. The van der Waals surface area contributed by atoms with Crippen molar-refractivity contribution in [3.63, 3.8) is 0 Å². The molecular weight excluding hydrogens is 504 g/mol. The first kappa shape index (κ1) is 24.5. The second-order valence-corrected chi connectivity index (χ2v) is 9.93. The highest BCUT2D eigenvalue weighted by molar-refractivity contribution is 8.00. The van der Waals surface area contributed by atoms with Crippen molar-refractivity contribution in [2.45, 2.75) is 5.03 Å². The van der Waals surface area contributed by atoms with Crippen molar-refractivity contribution in [1.29, 1.82) is 0 Å². The first-order chi connectivity index (χ1) is 18.1. The van der Waals surface area contributed by atoms with Crippen molar-refractivity contribution in [3.05, 3.63) is 96.8 Å². The van der Waals surface area contributed by atoms with Gasteiger partial charge in [0.15, 0.2) is 0 Å². The molecule has 2 amide bonds. The number of carbonyl (C=O) groups is 2. The molecule has 2 N–H and O–H groups in total. The molecule has 0 radical (unpaired) electrons. The zero-order valence-corrected chi connectivity index (χ0v) is 21.4.